The van der Waals surface area contributed by atoms with Gasteiger partial charge in [0.25, 0.3) is 0 Å². The van der Waals surface area contributed by atoms with Crippen LogP contribution in [0.5, 0.6) is 0 Å². The molecule has 2 amide bonds. The number of hydrogen-bond donors (Lipinski definition) is 1. The summed E-state index contributed by atoms with van der Waals surface area (Å²) in [5, 5.41) is 10.0. The maximum Gasteiger partial charge on any atom is 0.348 e. The minimum absolute atomic E-state index is 0.0795. The molecule has 3 rings (SSSR count). The first-order chi connectivity index (χ1) is 16.0. The number of carboxylic acids is 1. The number of hydrogen-bond acceptors (Lipinski definition) is 4. The smallest absolute Gasteiger partial charge is 0.348 e. The third-order valence-corrected chi connectivity index (χ3v) is 7.80. The van der Waals surface area contributed by atoms with Gasteiger partial charge in [-0.25, -0.2) is 4.79 Å². The van der Waals surface area contributed by atoms with E-state index in [2.05, 4.69) is 18.8 Å². The Morgan fingerprint density at radius 3 is 2.44 bits per heavy atom. The predicted octanol–water partition coefficient (Wildman–Crippen LogP) is 5.40. The number of carboxylic acid groups (broad SMARTS) is 1. The van der Waals surface area contributed by atoms with Gasteiger partial charge >= 0.3 is 5.97 Å². The largest absolute Gasteiger partial charge is 0.477 e. The zero-order valence-corrected chi connectivity index (χ0v) is 22.0. The Hall–Kier alpha value is -2.33. The lowest BCUT2D eigenvalue weighted by atomic mass is 9.82. The molecule has 2 aliphatic rings. The molecule has 1 saturated carbocycles. The average Bonchev–Trinajstić information content (AvgIpc) is 3.11. The molecule has 1 aliphatic carbocycles. The molecule has 2 heterocycles. The van der Waals surface area contributed by atoms with Crippen LogP contribution in [0.25, 0.3) is 0 Å². The molecule has 34 heavy (non-hydrogen) atoms. The fourth-order valence-electron chi connectivity index (χ4n) is 4.81. The van der Waals surface area contributed by atoms with Crippen LogP contribution in [0.15, 0.2) is 6.07 Å². The Labute approximate surface area is 207 Å². The lowest BCUT2D eigenvalue weighted by molar-refractivity contribution is -0.135. The van der Waals surface area contributed by atoms with Crippen molar-refractivity contribution in [2.24, 2.45) is 17.3 Å². The van der Waals surface area contributed by atoms with E-state index >= 15 is 0 Å². The summed E-state index contributed by atoms with van der Waals surface area (Å²) in [5.74, 6) is 5.37. The zero-order chi connectivity index (χ0) is 25.0. The van der Waals surface area contributed by atoms with E-state index in [9.17, 15) is 19.5 Å². The summed E-state index contributed by atoms with van der Waals surface area (Å²) in [7, 11) is 0. The van der Waals surface area contributed by atoms with Crippen LogP contribution in [0.4, 0.5) is 5.69 Å². The van der Waals surface area contributed by atoms with Gasteiger partial charge in [0.2, 0.25) is 11.8 Å². The van der Waals surface area contributed by atoms with E-state index in [-0.39, 0.29) is 28.0 Å². The Morgan fingerprint density at radius 2 is 1.85 bits per heavy atom. The molecule has 2 fully saturated rings. The average molecular weight is 487 g/mol. The quantitative estimate of drug-likeness (QED) is 0.565. The molecule has 0 radical (unpaired) electrons. The van der Waals surface area contributed by atoms with Gasteiger partial charge in [0.15, 0.2) is 0 Å². The van der Waals surface area contributed by atoms with Crippen molar-refractivity contribution < 1.29 is 19.5 Å². The van der Waals surface area contributed by atoms with Crippen molar-refractivity contribution in [1.29, 1.82) is 0 Å². The van der Waals surface area contributed by atoms with Crippen LogP contribution in [-0.2, 0) is 9.59 Å². The maximum absolute atomic E-state index is 14.0. The number of likely N-dealkylation sites (N-methyl/N-ethyl adjacent to an activating group) is 1. The molecule has 0 bridgehead atoms. The molecular formula is C27H38N2O4S. The Morgan fingerprint density at radius 1 is 1.18 bits per heavy atom. The number of likely N-dealkylation sites (tertiary alicyclic amines) is 1. The van der Waals surface area contributed by atoms with E-state index in [0.717, 1.165) is 49.9 Å². The molecule has 0 unspecified atom stereocenters. The van der Waals surface area contributed by atoms with Crippen LogP contribution < -0.4 is 4.90 Å². The van der Waals surface area contributed by atoms with Gasteiger partial charge < -0.3 is 10.0 Å². The number of rotatable bonds is 5. The molecule has 186 valence electrons. The lowest BCUT2D eigenvalue weighted by Crippen LogP contribution is -2.52. The first kappa shape index (κ1) is 26.3. The molecule has 1 aromatic rings. The van der Waals surface area contributed by atoms with Gasteiger partial charge in [-0.1, -0.05) is 18.8 Å². The van der Waals surface area contributed by atoms with E-state index in [0.29, 0.717) is 36.0 Å². The minimum atomic E-state index is -1.09. The van der Waals surface area contributed by atoms with Crippen LogP contribution in [0.1, 0.15) is 94.1 Å². The normalized spacial score (nSPS) is 23.6. The SMILES string of the molecule is CCN1CCCC[C@@H](N(c2cc(C#CC(C)(C)C)sc2C(=O)O)C(=O)[C@H]2CC[C@H](C)CC2)C1=O. The fourth-order valence-corrected chi connectivity index (χ4v) is 5.65. The van der Waals surface area contributed by atoms with E-state index in [1.54, 1.807) is 15.9 Å². The fraction of sp³-hybridized carbons (Fsp3) is 0.667. The standard InChI is InChI=1S/C27H38N2O4S/c1-6-28-16-8-7-9-21(25(28)31)29(24(30)19-12-10-18(2)11-13-19)22-17-20(14-15-27(3,4)5)34-23(22)26(32)33/h17-19,21H,6-13,16H2,1-5H3,(H,32,33)/t18-,19-,21-/m1/s1. The summed E-state index contributed by atoms with van der Waals surface area (Å²) in [6.07, 6.45) is 5.75. The first-order valence-electron chi connectivity index (χ1n) is 12.5. The van der Waals surface area contributed by atoms with Gasteiger partial charge in [-0.15, -0.1) is 11.3 Å². The highest BCUT2D eigenvalue weighted by molar-refractivity contribution is 7.15. The van der Waals surface area contributed by atoms with E-state index < -0.39 is 12.0 Å². The van der Waals surface area contributed by atoms with Crippen molar-refractivity contribution in [3.05, 3.63) is 15.8 Å². The van der Waals surface area contributed by atoms with E-state index in [1.165, 1.54) is 0 Å². The number of nitrogens with zero attached hydrogens (tertiary/aromatic N) is 2. The predicted molar refractivity (Wildman–Crippen MR) is 136 cm³/mol. The van der Waals surface area contributed by atoms with Crippen molar-refractivity contribution in [3.8, 4) is 11.8 Å². The van der Waals surface area contributed by atoms with Gasteiger partial charge in [-0.05, 0) is 84.6 Å². The first-order valence-corrected chi connectivity index (χ1v) is 13.4. The number of thiophene rings is 1. The molecule has 0 spiro atoms. The highest BCUT2D eigenvalue weighted by atomic mass is 32.1. The van der Waals surface area contributed by atoms with Gasteiger partial charge in [0, 0.05) is 24.4 Å². The molecule has 1 saturated heterocycles. The summed E-state index contributed by atoms with van der Waals surface area (Å²) in [6.45, 7) is 11.4. The lowest BCUT2D eigenvalue weighted by Gasteiger charge is -2.36. The maximum atomic E-state index is 14.0. The van der Waals surface area contributed by atoms with Crippen molar-refractivity contribution in [1.82, 2.24) is 4.90 Å². The van der Waals surface area contributed by atoms with Crippen LogP contribution in [-0.4, -0.2) is 46.9 Å². The van der Waals surface area contributed by atoms with E-state index in [4.69, 9.17) is 0 Å². The number of anilines is 1. The van der Waals surface area contributed by atoms with Crippen LogP contribution in [0.3, 0.4) is 0 Å². The Bertz CT molecular complexity index is 973. The monoisotopic (exact) mass is 486 g/mol. The van der Waals surface area contributed by atoms with Gasteiger partial charge in [0.05, 0.1) is 10.6 Å². The number of carbonyl (C=O) groups is 3. The molecule has 1 atom stereocenters. The van der Waals surface area contributed by atoms with E-state index in [1.807, 2.05) is 27.7 Å². The van der Waals surface area contributed by atoms with Crippen molar-refractivity contribution in [3.63, 3.8) is 0 Å². The molecule has 0 aromatic carbocycles. The van der Waals surface area contributed by atoms with Crippen LogP contribution in [0, 0.1) is 29.1 Å². The third-order valence-electron chi connectivity index (χ3n) is 6.78. The highest BCUT2D eigenvalue weighted by Gasteiger charge is 2.40. The summed E-state index contributed by atoms with van der Waals surface area (Å²) >= 11 is 1.09. The molecule has 1 aromatic heterocycles. The molecule has 7 heteroatoms. The summed E-state index contributed by atoms with van der Waals surface area (Å²) in [4.78, 5) is 43.8. The summed E-state index contributed by atoms with van der Waals surface area (Å²) < 4.78 is 0. The van der Waals surface area contributed by atoms with Gasteiger partial charge in [0.1, 0.15) is 10.9 Å². The second kappa shape index (κ2) is 10.9. The van der Waals surface area contributed by atoms with Crippen molar-refractivity contribution in [2.45, 2.75) is 85.6 Å². The second-order valence-electron chi connectivity index (χ2n) is 10.7. The molecule has 6 nitrogen and oxygen atoms in total. The topological polar surface area (TPSA) is 77.9 Å². The van der Waals surface area contributed by atoms with Crippen LogP contribution >= 0.6 is 11.3 Å². The minimum Gasteiger partial charge on any atom is -0.477 e. The highest BCUT2D eigenvalue weighted by Crippen LogP contribution is 2.37. The number of amides is 2. The summed E-state index contributed by atoms with van der Waals surface area (Å²) in [6, 6.07) is 1.04. The Balaban J connectivity index is 2.10. The molecule has 1 N–H and O–H groups in total. The molecular weight excluding hydrogens is 448 g/mol. The van der Waals surface area contributed by atoms with Gasteiger partial charge in [-0.2, -0.15) is 0 Å². The Kier molecular flexibility index (Phi) is 8.46. The number of aromatic carboxylic acids is 1. The number of carbonyl (C=O) groups excluding carboxylic acids is 2. The molecule has 1 aliphatic heterocycles. The van der Waals surface area contributed by atoms with Crippen LogP contribution in [0.2, 0.25) is 0 Å². The summed E-state index contributed by atoms with van der Waals surface area (Å²) in [5.41, 5.74) is 0.0939. The van der Waals surface area contributed by atoms with Crippen molar-refractivity contribution >= 4 is 34.8 Å². The third kappa shape index (κ3) is 6.21. The second-order valence-corrected chi connectivity index (χ2v) is 11.8. The zero-order valence-electron chi connectivity index (χ0n) is 21.1. The van der Waals surface area contributed by atoms with Crippen molar-refractivity contribution in [2.75, 3.05) is 18.0 Å². The van der Waals surface area contributed by atoms with Gasteiger partial charge in [-0.3, -0.25) is 14.5 Å².